The molecule has 0 amide bonds. The third-order valence-corrected chi connectivity index (χ3v) is 2.67. The zero-order valence-electron chi connectivity index (χ0n) is 7.28. The Bertz CT molecular complexity index is 545. The predicted octanol–water partition coefficient (Wildman–Crippen LogP) is 0.624. The standard InChI is InChI=1S/C7H5N3O4S/c8-9-10-15(13,14)6-3-1-2-5(4-6)7(11)12/h1-4,8H/p+1. The van der Waals surface area contributed by atoms with Gasteiger partial charge in [0.25, 0.3) is 4.52 Å². The molecule has 0 saturated carbocycles. The van der Waals surface area contributed by atoms with Crippen molar-refractivity contribution in [3.63, 3.8) is 0 Å². The molecule has 0 aliphatic heterocycles. The lowest BCUT2D eigenvalue weighted by Gasteiger charge is -1.95. The van der Waals surface area contributed by atoms with Crippen molar-refractivity contribution in [2.45, 2.75) is 4.90 Å². The molecule has 8 heteroatoms. The second-order valence-corrected chi connectivity index (χ2v) is 4.07. The van der Waals surface area contributed by atoms with Crippen molar-refractivity contribution in [2.75, 3.05) is 0 Å². The zero-order valence-corrected chi connectivity index (χ0v) is 8.10. The molecule has 2 N–H and O–H groups in total. The lowest BCUT2D eigenvalue weighted by Crippen LogP contribution is -2.01. The van der Waals surface area contributed by atoms with Crippen molar-refractivity contribution in [1.29, 1.82) is 5.53 Å². The Balaban J connectivity index is 3.34. The fourth-order valence-corrected chi connectivity index (χ4v) is 1.62. The number of nitrogens with zero attached hydrogens (tertiary/aromatic N) is 2. The first-order valence-electron chi connectivity index (χ1n) is 3.64. The van der Waals surface area contributed by atoms with E-state index in [1.807, 2.05) is 0 Å². The molecule has 0 heterocycles. The van der Waals surface area contributed by atoms with E-state index in [1.165, 1.54) is 18.2 Å². The molecule has 0 spiro atoms. The van der Waals surface area contributed by atoms with Crippen molar-refractivity contribution in [3.8, 4) is 0 Å². The van der Waals surface area contributed by atoms with Gasteiger partial charge in [-0.1, -0.05) is 6.07 Å². The number of carbonyl (C=O) groups is 1. The van der Waals surface area contributed by atoms with Crippen LogP contribution in [0.2, 0.25) is 0 Å². The lowest BCUT2D eigenvalue weighted by atomic mass is 10.2. The number of sulfonamides is 1. The van der Waals surface area contributed by atoms with Crippen LogP contribution in [0.5, 0.6) is 0 Å². The molecule has 0 radical (unpaired) electrons. The molecule has 0 aliphatic carbocycles. The highest BCUT2D eigenvalue weighted by molar-refractivity contribution is 7.90. The number of benzene rings is 1. The quantitative estimate of drug-likeness (QED) is 0.581. The first-order chi connectivity index (χ1) is 6.97. The van der Waals surface area contributed by atoms with Crippen LogP contribution in [0.4, 0.5) is 0 Å². The van der Waals surface area contributed by atoms with Crippen LogP contribution in [0.1, 0.15) is 10.4 Å². The minimum atomic E-state index is -4.06. The molecule has 15 heavy (non-hydrogen) atoms. The average molecular weight is 228 g/mol. The number of aromatic carboxylic acids is 1. The van der Waals surface area contributed by atoms with Gasteiger partial charge < -0.3 is 5.11 Å². The molecular formula is C7H6N3O4S+. The summed E-state index contributed by atoms with van der Waals surface area (Å²) >= 11 is 0. The number of carboxylic acid groups (broad SMARTS) is 1. The van der Waals surface area contributed by atoms with Gasteiger partial charge >= 0.3 is 16.0 Å². The van der Waals surface area contributed by atoms with Gasteiger partial charge in [-0.2, -0.15) is 8.42 Å². The summed E-state index contributed by atoms with van der Waals surface area (Å²) in [4.78, 5) is 12.6. The number of carboxylic acids is 1. The third kappa shape index (κ3) is 2.46. The smallest absolute Gasteiger partial charge is 0.355 e. The van der Waals surface area contributed by atoms with Crippen LogP contribution in [0.25, 0.3) is 0 Å². The summed E-state index contributed by atoms with van der Waals surface area (Å²) in [5, 5.41) is 8.62. The van der Waals surface area contributed by atoms with Gasteiger partial charge in [0.15, 0.2) is 0 Å². The monoisotopic (exact) mass is 228 g/mol. The van der Waals surface area contributed by atoms with Crippen molar-refractivity contribution in [2.24, 2.45) is 4.52 Å². The summed E-state index contributed by atoms with van der Waals surface area (Å²) in [5.41, 5.74) is 6.14. The van der Waals surface area contributed by atoms with Gasteiger partial charge in [0, 0.05) is 0 Å². The van der Waals surface area contributed by atoms with E-state index in [4.69, 9.17) is 10.6 Å². The second-order valence-electron chi connectivity index (χ2n) is 2.49. The van der Waals surface area contributed by atoms with Crippen LogP contribution in [-0.2, 0) is 10.0 Å². The van der Waals surface area contributed by atoms with Crippen molar-refractivity contribution >= 4 is 16.0 Å². The van der Waals surface area contributed by atoms with E-state index < -0.39 is 16.0 Å². The Kier molecular flexibility index (Phi) is 2.93. The number of nitrogens with one attached hydrogen (secondary N) is 1. The average Bonchev–Trinajstić information content (AvgIpc) is 2.18. The molecule has 0 unspecified atom stereocenters. The molecule has 78 valence electrons. The summed E-state index contributed by atoms with van der Waals surface area (Å²) < 4.78 is 25.2. The van der Waals surface area contributed by atoms with E-state index in [1.54, 1.807) is 0 Å². The number of hydrogen-bond acceptors (Lipinski definition) is 4. The van der Waals surface area contributed by atoms with Crippen LogP contribution in [-0.4, -0.2) is 19.5 Å². The summed E-state index contributed by atoms with van der Waals surface area (Å²) in [6, 6.07) is 4.65. The highest BCUT2D eigenvalue weighted by atomic mass is 32.2. The first-order valence-corrected chi connectivity index (χ1v) is 5.08. The molecule has 0 aromatic heterocycles. The van der Waals surface area contributed by atoms with Gasteiger partial charge in [0.05, 0.1) is 10.5 Å². The molecule has 0 saturated heterocycles. The Labute approximate surface area is 84.6 Å². The fourth-order valence-electron chi connectivity index (χ4n) is 0.890. The zero-order chi connectivity index (χ0) is 11.5. The van der Waals surface area contributed by atoms with Crippen molar-refractivity contribution in [1.82, 2.24) is 4.91 Å². The van der Waals surface area contributed by atoms with Gasteiger partial charge in [0.2, 0.25) is 4.91 Å². The van der Waals surface area contributed by atoms with E-state index in [-0.39, 0.29) is 10.5 Å². The van der Waals surface area contributed by atoms with Gasteiger partial charge in [-0.05, 0) is 18.2 Å². The van der Waals surface area contributed by atoms with Crippen LogP contribution in [0, 0.1) is 5.53 Å². The van der Waals surface area contributed by atoms with E-state index in [0.29, 0.717) is 0 Å². The Morgan fingerprint density at radius 2 is 2.13 bits per heavy atom. The maximum Gasteiger partial charge on any atom is 0.355 e. The highest BCUT2D eigenvalue weighted by Crippen LogP contribution is 2.13. The van der Waals surface area contributed by atoms with Gasteiger partial charge in [0.1, 0.15) is 5.53 Å². The number of hydrogen-bond donors (Lipinski definition) is 2. The lowest BCUT2D eigenvalue weighted by molar-refractivity contribution is 0.0696. The van der Waals surface area contributed by atoms with E-state index in [2.05, 4.69) is 9.43 Å². The summed E-state index contributed by atoms with van der Waals surface area (Å²) in [7, 11) is -4.06. The van der Waals surface area contributed by atoms with Crippen LogP contribution >= 0.6 is 0 Å². The van der Waals surface area contributed by atoms with Crippen molar-refractivity contribution < 1.29 is 18.3 Å². The van der Waals surface area contributed by atoms with Crippen molar-refractivity contribution in [3.05, 3.63) is 29.8 Å². The molecule has 1 aromatic carbocycles. The summed E-state index contributed by atoms with van der Waals surface area (Å²) in [5.74, 6) is -1.24. The Morgan fingerprint density at radius 3 is 2.67 bits per heavy atom. The molecule has 0 bridgehead atoms. The van der Waals surface area contributed by atoms with E-state index >= 15 is 0 Å². The Hall–Kier alpha value is -2.05. The molecule has 0 atom stereocenters. The second kappa shape index (κ2) is 3.99. The van der Waals surface area contributed by atoms with Gasteiger partial charge in [-0.25, -0.2) is 4.79 Å². The minimum Gasteiger partial charge on any atom is -0.478 e. The SMILES string of the molecule is N=[N+]=NS(=O)(=O)c1cccc(C(=O)O)c1. The maximum absolute atomic E-state index is 11.2. The summed E-state index contributed by atoms with van der Waals surface area (Å²) in [6.07, 6.45) is 0. The first kappa shape index (κ1) is 11.0. The summed E-state index contributed by atoms with van der Waals surface area (Å²) in [6.45, 7) is 0. The van der Waals surface area contributed by atoms with E-state index in [9.17, 15) is 13.2 Å². The third-order valence-electron chi connectivity index (χ3n) is 1.53. The molecule has 0 fully saturated rings. The number of rotatable bonds is 3. The molecule has 0 aliphatic rings. The van der Waals surface area contributed by atoms with Crippen LogP contribution in [0.3, 0.4) is 0 Å². The normalized spacial score (nSPS) is 10.4. The molecule has 1 aromatic rings. The van der Waals surface area contributed by atoms with Crippen LogP contribution < -0.4 is 4.91 Å². The van der Waals surface area contributed by atoms with Crippen LogP contribution in [0.15, 0.2) is 33.7 Å². The minimum absolute atomic E-state index is 0.170. The van der Waals surface area contributed by atoms with Gasteiger partial charge in [-0.3, -0.25) is 0 Å². The van der Waals surface area contributed by atoms with Gasteiger partial charge in [-0.15, -0.1) is 0 Å². The molecule has 7 nitrogen and oxygen atoms in total. The fraction of sp³-hybridized carbons (Fsp3) is 0. The topological polar surface area (TPSA) is 122 Å². The predicted molar refractivity (Wildman–Crippen MR) is 47.9 cm³/mol. The molecule has 1 rings (SSSR count). The molecular weight excluding hydrogens is 222 g/mol. The highest BCUT2D eigenvalue weighted by Gasteiger charge is 2.19. The maximum atomic E-state index is 11.2. The largest absolute Gasteiger partial charge is 0.478 e. The van der Waals surface area contributed by atoms with E-state index in [0.717, 1.165) is 6.07 Å². The Morgan fingerprint density at radius 1 is 1.47 bits per heavy atom.